The van der Waals surface area contributed by atoms with E-state index in [0.717, 1.165) is 12.1 Å². The summed E-state index contributed by atoms with van der Waals surface area (Å²) in [6.45, 7) is 0. The Labute approximate surface area is 88.7 Å². The van der Waals surface area contributed by atoms with Gasteiger partial charge in [0.1, 0.15) is 11.5 Å². The number of hydrogen-bond acceptors (Lipinski definition) is 3. The van der Waals surface area contributed by atoms with Gasteiger partial charge >= 0.3 is 14.0 Å². The van der Waals surface area contributed by atoms with Crippen LogP contribution in [0.3, 0.4) is 0 Å². The van der Waals surface area contributed by atoms with Gasteiger partial charge in [-0.1, -0.05) is 11.6 Å². The number of halogens is 4. The molecule has 1 rings (SSSR count). The molecule has 0 aliphatic carbocycles. The third-order valence-electron chi connectivity index (χ3n) is 1.32. The van der Waals surface area contributed by atoms with Gasteiger partial charge in [-0.3, -0.25) is 0 Å². The highest BCUT2D eigenvalue weighted by atomic mass is 35.5. The Kier molecular flexibility index (Phi) is 3.70. The van der Waals surface area contributed by atoms with E-state index < -0.39 is 12.1 Å². The predicted molar refractivity (Wildman–Crippen MR) is 46.7 cm³/mol. The van der Waals surface area contributed by atoms with Gasteiger partial charge in [0, 0.05) is 6.07 Å². The summed E-state index contributed by atoms with van der Waals surface area (Å²) in [5, 5.41) is 7.99. The molecule has 0 fully saturated rings. The first-order valence-electron chi connectivity index (χ1n) is 3.60. The van der Waals surface area contributed by atoms with Crippen molar-refractivity contribution in [3.05, 3.63) is 23.2 Å². The van der Waals surface area contributed by atoms with Crippen LogP contribution >= 0.6 is 11.6 Å². The molecule has 0 saturated heterocycles. The number of alkyl halides is 3. The highest BCUT2D eigenvalue weighted by Crippen LogP contribution is 2.32. The zero-order valence-electron chi connectivity index (χ0n) is 7.08. The largest absolute Gasteiger partial charge is 0.573 e. The maximum absolute atomic E-state index is 11.8. The monoisotopic (exact) mass is 239 g/mol. The van der Waals surface area contributed by atoms with Gasteiger partial charge in [0.05, 0.1) is 5.02 Å². The van der Waals surface area contributed by atoms with Crippen LogP contribution in [0.2, 0.25) is 5.02 Å². The number of benzene rings is 1. The molecule has 8 heteroatoms. The van der Waals surface area contributed by atoms with Gasteiger partial charge in [-0.15, -0.1) is 13.2 Å². The summed E-state index contributed by atoms with van der Waals surface area (Å²) in [4.78, 5) is 0. The SMILES string of the molecule is O[B]Oc1ccc(OC(F)(F)F)c(Cl)c1. The van der Waals surface area contributed by atoms with E-state index in [1.165, 1.54) is 6.07 Å². The summed E-state index contributed by atoms with van der Waals surface area (Å²) in [6, 6.07) is 3.23. The van der Waals surface area contributed by atoms with Crippen molar-refractivity contribution in [1.29, 1.82) is 0 Å². The van der Waals surface area contributed by atoms with E-state index >= 15 is 0 Å². The molecule has 1 aromatic rings. The van der Waals surface area contributed by atoms with Gasteiger partial charge in [-0.25, -0.2) is 0 Å². The molecule has 0 aromatic heterocycles. The van der Waals surface area contributed by atoms with Gasteiger partial charge in [-0.2, -0.15) is 0 Å². The molecule has 0 spiro atoms. The molecule has 0 aliphatic rings. The van der Waals surface area contributed by atoms with Crippen molar-refractivity contribution in [2.75, 3.05) is 0 Å². The van der Waals surface area contributed by atoms with Gasteiger partial charge in [0.25, 0.3) is 0 Å². The summed E-state index contributed by atoms with van der Waals surface area (Å²) in [5.74, 6) is -0.438. The Hall–Kier alpha value is -1.08. The zero-order chi connectivity index (χ0) is 11.5. The highest BCUT2D eigenvalue weighted by Gasteiger charge is 2.32. The molecule has 0 saturated carbocycles. The molecule has 0 atom stereocenters. The van der Waals surface area contributed by atoms with Crippen LogP contribution in [0.5, 0.6) is 11.5 Å². The number of hydrogen-bond donors (Lipinski definition) is 1. The van der Waals surface area contributed by atoms with Crippen LogP contribution in [0.15, 0.2) is 18.2 Å². The molecule has 0 unspecified atom stereocenters. The van der Waals surface area contributed by atoms with Crippen LogP contribution in [-0.4, -0.2) is 19.1 Å². The third-order valence-corrected chi connectivity index (χ3v) is 1.61. The van der Waals surface area contributed by atoms with E-state index in [4.69, 9.17) is 16.6 Å². The molecular weight excluding hydrogens is 235 g/mol. The summed E-state index contributed by atoms with van der Waals surface area (Å²) in [5.41, 5.74) is 0. The lowest BCUT2D eigenvalue weighted by Gasteiger charge is -2.11. The van der Waals surface area contributed by atoms with Crippen molar-refractivity contribution in [3.63, 3.8) is 0 Å². The van der Waals surface area contributed by atoms with E-state index in [-0.39, 0.29) is 10.8 Å². The average Bonchev–Trinajstić information content (AvgIpc) is 2.08. The van der Waals surface area contributed by atoms with Crippen LogP contribution < -0.4 is 9.39 Å². The molecule has 0 bridgehead atoms. The van der Waals surface area contributed by atoms with Crippen molar-refractivity contribution in [2.24, 2.45) is 0 Å². The van der Waals surface area contributed by atoms with Crippen molar-refractivity contribution >= 4 is 19.3 Å². The highest BCUT2D eigenvalue weighted by molar-refractivity contribution is 6.32. The predicted octanol–water partition coefficient (Wildman–Crippen LogP) is 2.14. The van der Waals surface area contributed by atoms with Crippen molar-refractivity contribution < 1.29 is 27.6 Å². The summed E-state index contributed by atoms with van der Waals surface area (Å²) < 4.78 is 43.5. The molecule has 0 heterocycles. The smallest absolute Gasteiger partial charge is 0.537 e. The Balaban J connectivity index is 2.84. The van der Waals surface area contributed by atoms with Crippen molar-refractivity contribution in [2.45, 2.75) is 6.36 Å². The van der Waals surface area contributed by atoms with Crippen LogP contribution in [0.1, 0.15) is 0 Å². The van der Waals surface area contributed by atoms with Gasteiger partial charge in [-0.05, 0) is 12.1 Å². The lowest BCUT2D eigenvalue weighted by molar-refractivity contribution is -0.274. The van der Waals surface area contributed by atoms with Gasteiger partial charge in [0.15, 0.2) is 0 Å². The molecule has 1 aromatic carbocycles. The second kappa shape index (κ2) is 4.63. The Morgan fingerprint density at radius 3 is 2.47 bits per heavy atom. The first-order valence-corrected chi connectivity index (χ1v) is 3.98. The van der Waals surface area contributed by atoms with Crippen LogP contribution in [0, 0.1) is 0 Å². The fraction of sp³-hybridized carbons (Fsp3) is 0.143. The first kappa shape index (κ1) is 12.0. The Morgan fingerprint density at radius 2 is 2.00 bits per heavy atom. The Morgan fingerprint density at radius 1 is 1.33 bits per heavy atom. The topological polar surface area (TPSA) is 38.7 Å². The average molecular weight is 239 g/mol. The van der Waals surface area contributed by atoms with Crippen LogP contribution in [0.25, 0.3) is 0 Å². The van der Waals surface area contributed by atoms with Crippen LogP contribution in [0.4, 0.5) is 13.2 Å². The standard InChI is InChI=1S/C7H4BClF3O3/c9-5-3-4(15-8-13)1-2-6(5)14-7(10,11)12/h1-3,13H. The van der Waals surface area contributed by atoms with Crippen LogP contribution in [-0.2, 0) is 0 Å². The Bertz CT molecular complexity index is 345. The normalized spacial score (nSPS) is 11.0. The van der Waals surface area contributed by atoms with E-state index in [9.17, 15) is 13.2 Å². The molecule has 0 amide bonds. The molecular formula is C7H4BClF3O3. The second-order valence-electron chi connectivity index (χ2n) is 2.36. The maximum Gasteiger partial charge on any atom is 0.573 e. The molecule has 0 aliphatic heterocycles. The molecule has 1 radical (unpaired) electrons. The van der Waals surface area contributed by atoms with Gasteiger partial charge in [0.2, 0.25) is 0 Å². The van der Waals surface area contributed by atoms with E-state index in [1.54, 1.807) is 0 Å². The van der Waals surface area contributed by atoms with Crippen molar-refractivity contribution in [3.8, 4) is 11.5 Å². The second-order valence-corrected chi connectivity index (χ2v) is 2.77. The molecule has 81 valence electrons. The summed E-state index contributed by atoms with van der Waals surface area (Å²) in [7, 11) is 0.385. The van der Waals surface area contributed by atoms with Gasteiger partial charge < -0.3 is 14.4 Å². The third kappa shape index (κ3) is 3.89. The summed E-state index contributed by atoms with van der Waals surface area (Å²) >= 11 is 5.47. The fourth-order valence-electron chi connectivity index (χ4n) is 0.823. The first-order chi connectivity index (χ1) is 6.92. The molecule has 15 heavy (non-hydrogen) atoms. The lowest BCUT2D eigenvalue weighted by Crippen LogP contribution is -2.17. The maximum atomic E-state index is 11.8. The minimum absolute atomic E-state index is 0.0945. The molecule has 3 nitrogen and oxygen atoms in total. The fourth-order valence-corrected chi connectivity index (χ4v) is 1.03. The summed E-state index contributed by atoms with van der Waals surface area (Å²) in [6.07, 6.45) is -4.80. The van der Waals surface area contributed by atoms with Crippen molar-refractivity contribution in [1.82, 2.24) is 0 Å². The lowest BCUT2D eigenvalue weighted by atomic mass is 10.3. The minimum Gasteiger partial charge on any atom is -0.537 e. The van der Waals surface area contributed by atoms with E-state index in [2.05, 4.69) is 9.39 Å². The quantitative estimate of drug-likeness (QED) is 0.821. The van der Waals surface area contributed by atoms with E-state index in [1.807, 2.05) is 0 Å². The number of ether oxygens (including phenoxy) is 1. The molecule has 1 N–H and O–H groups in total. The number of rotatable bonds is 3. The van der Waals surface area contributed by atoms with E-state index in [0.29, 0.717) is 7.69 Å². The zero-order valence-corrected chi connectivity index (χ0v) is 7.84. The minimum atomic E-state index is -4.80.